The molecule has 0 spiro atoms. The Morgan fingerprint density at radius 3 is 2.28 bits per heavy atom. The van der Waals surface area contributed by atoms with E-state index in [4.69, 9.17) is 11.6 Å². The number of halogens is 1. The second-order valence-corrected chi connectivity index (χ2v) is 6.02. The van der Waals surface area contributed by atoms with Gasteiger partial charge in [-0.25, -0.2) is 4.98 Å². The van der Waals surface area contributed by atoms with Gasteiger partial charge < -0.3 is 10.6 Å². The summed E-state index contributed by atoms with van der Waals surface area (Å²) >= 11 is 5.87. The molecule has 0 saturated heterocycles. The van der Waals surface area contributed by atoms with Gasteiger partial charge in [0.15, 0.2) is 0 Å². The summed E-state index contributed by atoms with van der Waals surface area (Å²) in [6.07, 6.45) is 1.57. The zero-order chi connectivity index (χ0) is 17.5. The van der Waals surface area contributed by atoms with Crippen molar-refractivity contribution in [1.82, 2.24) is 10.3 Å². The molecule has 1 heterocycles. The van der Waals surface area contributed by atoms with Crippen LogP contribution in [0.5, 0.6) is 0 Å². The molecule has 0 unspecified atom stereocenters. The van der Waals surface area contributed by atoms with Crippen molar-refractivity contribution in [1.29, 1.82) is 0 Å². The lowest BCUT2D eigenvalue weighted by molar-refractivity contribution is 0.0950. The Morgan fingerprint density at radius 2 is 1.60 bits per heavy atom. The van der Waals surface area contributed by atoms with Crippen molar-refractivity contribution in [2.45, 2.75) is 13.1 Å². The Labute approximate surface area is 151 Å². The van der Waals surface area contributed by atoms with Crippen LogP contribution in [-0.2, 0) is 13.1 Å². The molecule has 0 aliphatic carbocycles. The number of anilines is 1. The third kappa shape index (κ3) is 5.06. The molecule has 2 N–H and O–H groups in total. The van der Waals surface area contributed by atoms with E-state index in [1.165, 1.54) is 0 Å². The maximum absolute atomic E-state index is 12.2. The van der Waals surface area contributed by atoms with Gasteiger partial charge in [0.05, 0.1) is 5.56 Å². The van der Waals surface area contributed by atoms with Gasteiger partial charge in [0.2, 0.25) is 0 Å². The smallest absolute Gasteiger partial charge is 0.253 e. The van der Waals surface area contributed by atoms with E-state index < -0.39 is 0 Å². The number of amides is 1. The molecule has 4 nitrogen and oxygen atoms in total. The van der Waals surface area contributed by atoms with Gasteiger partial charge in [-0.3, -0.25) is 4.79 Å². The van der Waals surface area contributed by atoms with Crippen molar-refractivity contribution in [3.8, 4) is 0 Å². The number of hydrogen-bond acceptors (Lipinski definition) is 3. The fourth-order valence-corrected chi connectivity index (χ4v) is 2.43. The van der Waals surface area contributed by atoms with Crippen LogP contribution in [0.15, 0.2) is 72.9 Å². The first-order valence-corrected chi connectivity index (χ1v) is 8.35. The topological polar surface area (TPSA) is 54.0 Å². The Hall–Kier alpha value is -2.85. The van der Waals surface area contributed by atoms with Gasteiger partial charge in [-0.15, -0.1) is 0 Å². The van der Waals surface area contributed by atoms with E-state index in [0.29, 0.717) is 23.7 Å². The highest BCUT2D eigenvalue weighted by Crippen LogP contribution is 2.12. The zero-order valence-corrected chi connectivity index (χ0v) is 14.3. The van der Waals surface area contributed by atoms with Crippen LogP contribution < -0.4 is 10.6 Å². The van der Waals surface area contributed by atoms with Gasteiger partial charge in [0.25, 0.3) is 5.91 Å². The number of aromatic nitrogens is 1. The van der Waals surface area contributed by atoms with Crippen molar-refractivity contribution >= 4 is 23.3 Å². The molecule has 126 valence electrons. The van der Waals surface area contributed by atoms with Crippen LogP contribution >= 0.6 is 11.6 Å². The number of carbonyl (C=O) groups excluding carboxylic acids is 1. The van der Waals surface area contributed by atoms with Crippen molar-refractivity contribution in [3.05, 3.63) is 94.6 Å². The number of benzene rings is 2. The van der Waals surface area contributed by atoms with Crippen LogP contribution in [-0.4, -0.2) is 10.9 Å². The average molecular weight is 352 g/mol. The summed E-state index contributed by atoms with van der Waals surface area (Å²) in [5.74, 6) is 0.579. The molecule has 0 aliphatic heterocycles. The van der Waals surface area contributed by atoms with E-state index in [1.807, 2.05) is 54.6 Å². The van der Waals surface area contributed by atoms with Crippen LogP contribution in [0.25, 0.3) is 0 Å². The van der Waals surface area contributed by atoms with Crippen LogP contribution in [0.3, 0.4) is 0 Å². The molecular formula is C20H18ClN3O. The molecule has 25 heavy (non-hydrogen) atoms. The Morgan fingerprint density at radius 1 is 0.880 bits per heavy atom. The normalized spacial score (nSPS) is 10.3. The number of nitrogens with zero attached hydrogens (tertiary/aromatic N) is 1. The van der Waals surface area contributed by atoms with Gasteiger partial charge in [-0.2, -0.15) is 0 Å². The minimum atomic E-state index is -0.138. The predicted octanol–water partition coefficient (Wildman–Crippen LogP) is 4.28. The maximum Gasteiger partial charge on any atom is 0.253 e. The first-order valence-electron chi connectivity index (χ1n) is 7.97. The van der Waals surface area contributed by atoms with Gasteiger partial charge in [0, 0.05) is 24.3 Å². The van der Waals surface area contributed by atoms with Crippen LogP contribution in [0, 0.1) is 0 Å². The first-order chi connectivity index (χ1) is 12.2. The highest BCUT2D eigenvalue weighted by Gasteiger charge is 2.06. The molecular weight excluding hydrogens is 334 g/mol. The van der Waals surface area contributed by atoms with Crippen molar-refractivity contribution in [2.75, 3.05) is 5.32 Å². The average Bonchev–Trinajstić information content (AvgIpc) is 2.67. The Balaban J connectivity index is 1.52. The molecule has 3 aromatic rings. The van der Waals surface area contributed by atoms with Crippen LogP contribution in [0.4, 0.5) is 5.82 Å². The SMILES string of the molecule is O=C(NCc1ccccc1)c1ccc(NCc2ccc(Cl)cc2)nc1. The van der Waals surface area contributed by atoms with Crippen LogP contribution in [0.1, 0.15) is 21.5 Å². The molecule has 0 aliphatic rings. The highest BCUT2D eigenvalue weighted by molar-refractivity contribution is 6.30. The first kappa shape index (κ1) is 17.0. The lowest BCUT2D eigenvalue weighted by Crippen LogP contribution is -2.22. The molecule has 1 amide bonds. The number of carbonyl (C=O) groups is 1. The fourth-order valence-electron chi connectivity index (χ4n) is 2.31. The Kier molecular flexibility index (Phi) is 5.65. The quantitative estimate of drug-likeness (QED) is 0.697. The van der Waals surface area contributed by atoms with E-state index in [2.05, 4.69) is 15.6 Å². The summed E-state index contributed by atoms with van der Waals surface area (Å²) in [6, 6.07) is 21.0. The fraction of sp³-hybridized carbons (Fsp3) is 0.100. The summed E-state index contributed by atoms with van der Waals surface area (Å²) in [6.45, 7) is 1.14. The second-order valence-electron chi connectivity index (χ2n) is 5.58. The van der Waals surface area contributed by atoms with E-state index in [9.17, 15) is 4.79 Å². The summed E-state index contributed by atoms with van der Waals surface area (Å²) in [4.78, 5) is 16.4. The third-order valence-corrected chi connectivity index (χ3v) is 3.96. The van der Waals surface area contributed by atoms with E-state index in [-0.39, 0.29) is 5.91 Å². The van der Waals surface area contributed by atoms with Crippen molar-refractivity contribution < 1.29 is 4.79 Å². The standard InChI is InChI=1S/C20H18ClN3O/c21-18-9-6-16(7-10-18)12-22-19-11-8-17(14-23-19)20(25)24-13-15-4-2-1-3-5-15/h1-11,14H,12-13H2,(H,22,23)(H,24,25). The van der Waals surface area contributed by atoms with E-state index >= 15 is 0 Å². The molecule has 0 radical (unpaired) electrons. The highest BCUT2D eigenvalue weighted by atomic mass is 35.5. The molecule has 5 heteroatoms. The molecule has 0 atom stereocenters. The number of rotatable bonds is 6. The van der Waals surface area contributed by atoms with Gasteiger partial charge >= 0.3 is 0 Å². The monoisotopic (exact) mass is 351 g/mol. The Bertz CT molecular complexity index is 818. The molecule has 2 aromatic carbocycles. The number of hydrogen-bond donors (Lipinski definition) is 2. The largest absolute Gasteiger partial charge is 0.366 e. The molecule has 0 fully saturated rings. The second kappa shape index (κ2) is 8.31. The molecule has 0 saturated carbocycles. The summed E-state index contributed by atoms with van der Waals surface area (Å²) < 4.78 is 0. The van der Waals surface area contributed by atoms with Gasteiger partial charge in [-0.05, 0) is 35.4 Å². The number of nitrogens with one attached hydrogen (secondary N) is 2. The zero-order valence-electron chi connectivity index (χ0n) is 13.6. The van der Waals surface area contributed by atoms with E-state index in [0.717, 1.165) is 16.9 Å². The predicted molar refractivity (Wildman–Crippen MR) is 101 cm³/mol. The van der Waals surface area contributed by atoms with E-state index in [1.54, 1.807) is 18.3 Å². The number of pyridine rings is 1. The van der Waals surface area contributed by atoms with Crippen LogP contribution in [0.2, 0.25) is 5.02 Å². The maximum atomic E-state index is 12.2. The minimum Gasteiger partial charge on any atom is -0.366 e. The van der Waals surface area contributed by atoms with Gasteiger partial charge in [-0.1, -0.05) is 54.1 Å². The van der Waals surface area contributed by atoms with Crippen molar-refractivity contribution in [3.63, 3.8) is 0 Å². The lowest BCUT2D eigenvalue weighted by Gasteiger charge is -2.08. The summed E-state index contributed by atoms with van der Waals surface area (Å²) in [5.41, 5.74) is 2.70. The van der Waals surface area contributed by atoms with Gasteiger partial charge in [0.1, 0.15) is 5.82 Å². The third-order valence-electron chi connectivity index (χ3n) is 3.71. The minimum absolute atomic E-state index is 0.138. The molecule has 3 rings (SSSR count). The molecule has 1 aromatic heterocycles. The summed E-state index contributed by atoms with van der Waals surface area (Å²) in [5, 5.41) is 6.82. The molecule has 0 bridgehead atoms. The summed E-state index contributed by atoms with van der Waals surface area (Å²) in [7, 11) is 0. The van der Waals surface area contributed by atoms with Crippen molar-refractivity contribution in [2.24, 2.45) is 0 Å². The lowest BCUT2D eigenvalue weighted by atomic mass is 10.2.